The molecule has 0 bridgehead atoms. The summed E-state index contributed by atoms with van der Waals surface area (Å²) in [6.45, 7) is 3.55. The van der Waals surface area contributed by atoms with Gasteiger partial charge in [-0.3, -0.25) is 9.79 Å². The molecule has 0 spiro atoms. The zero-order valence-corrected chi connectivity index (χ0v) is 16.6. The van der Waals surface area contributed by atoms with Gasteiger partial charge in [0.25, 0.3) is 5.91 Å². The number of nitrogens with one attached hydrogen (secondary N) is 3. The van der Waals surface area contributed by atoms with Crippen molar-refractivity contribution in [3.05, 3.63) is 77.7 Å². The molecule has 0 unspecified atom stereocenters. The molecule has 1 amide bonds. The number of aliphatic imine (C=N–C) groups is 1. The Balaban J connectivity index is 1.41. The van der Waals surface area contributed by atoms with Crippen LogP contribution in [0.4, 0.5) is 0 Å². The standard InChI is InChI=1S/C22H25N5O2/c1-16-8-10-18(11-9-16)21-27-19(15-29-21)14-26-22(23-2)25-13-12-24-20(28)17-6-4-3-5-7-17/h3-11,15H,12-14H2,1-2H3,(H,24,28)(H2,23,25,26). The van der Waals surface area contributed by atoms with Crippen LogP contribution in [0.2, 0.25) is 0 Å². The number of carbonyl (C=O) groups excluding carboxylic acids is 1. The zero-order chi connectivity index (χ0) is 20.5. The van der Waals surface area contributed by atoms with Crippen molar-refractivity contribution < 1.29 is 9.21 Å². The third-order valence-electron chi connectivity index (χ3n) is 4.25. The summed E-state index contributed by atoms with van der Waals surface area (Å²) < 4.78 is 5.56. The average molecular weight is 391 g/mol. The Bertz CT molecular complexity index is 949. The average Bonchev–Trinajstić information content (AvgIpc) is 3.23. The quantitative estimate of drug-likeness (QED) is 0.327. The Hall–Kier alpha value is -3.61. The number of aromatic nitrogens is 1. The number of hydrogen-bond donors (Lipinski definition) is 3. The smallest absolute Gasteiger partial charge is 0.251 e. The van der Waals surface area contributed by atoms with Crippen molar-refractivity contribution in [3.63, 3.8) is 0 Å². The highest BCUT2D eigenvalue weighted by molar-refractivity contribution is 5.94. The van der Waals surface area contributed by atoms with Crippen molar-refractivity contribution >= 4 is 11.9 Å². The first kappa shape index (κ1) is 20.1. The number of nitrogens with zero attached hydrogens (tertiary/aromatic N) is 2. The maximum atomic E-state index is 12.0. The maximum absolute atomic E-state index is 12.0. The van der Waals surface area contributed by atoms with E-state index in [4.69, 9.17) is 4.42 Å². The summed E-state index contributed by atoms with van der Waals surface area (Å²) in [7, 11) is 1.69. The van der Waals surface area contributed by atoms with Crippen LogP contribution in [0.3, 0.4) is 0 Å². The van der Waals surface area contributed by atoms with Gasteiger partial charge in [-0.25, -0.2) is 4.98 Å². The van der Waals surface area contributed by atoms with Gasteiger partial charge in [0.05, 0.1) is 12.2 Å². The summed E-state index contributed by atoms with van der Waals surface area (Å²) in [4.78, 5) is 20.7. The van der Waals surface area contributed by atoms with Crippen LogP contribution in [0.25, 0.3) is 11.5 Å². The lowest BCUT2D eigenvalue weighted by Crippen LogP contribution is -2.41. The first-order chi connectivity index (χ1) is 14.2. The van der Waals surface area contributed by atoms with Crippen LogP contribution in [0.1, 0.15) is 21.6 Å². The first-order valence-electron chi connectivity index (χ1n) is 9.45. The van der Waals surface area contributed by atoms with Crippen molar-refractivity contribution in [3.8, 4) is 11.5 Å². The zero-order valence-electron chi connectivity index (χ0n) is 16.6. The summed E-state index contributed by atoms with van der Waals surface area (Å²) in [5.41, 5.74) is 3.56. The van der Waals surface area contributed by atoms with Crippen LogP contribution < -0.4 is 16.0 Å². The van der Waals surface area contributed by atoms with Gasteiger partial charge in [0.15, 0.2) is 5.96 Å². The minimum atomic E-state index is -0.0958. The third-order valence-corrected chi connectivity index (χ3v) is 4.25. The van der Waals surface area contributed by atoms with Crippen LogP contribution in [-0.4, -0.2) is 37.0 Å². The topological polar surface area (TPSA) is 91.5 Å². The molecular formula is C22H25N5O2. The lowest BCUT2D eigenvalue weighted by atomic mass is 10.1. The largest absolute Gasteiger partial charge is 0.444 e. The maximum Gasteiger partial charge on any atom is 0.251 e. The van der Waals surface area contributed by atoms with E-state index in [1.54, 1.807) is 25.4 Å². The molecule has 7 nitrogen and oxygen atoms in total. The van der Waals surface area contributed by atoms with Crippen molar-refractivity contribution in [2.45, 2.75) is 13.5 Å². The van der Waals surface area contributed by atoms with Crippen molar-refractivity contribution in [2.75, 3.05) is 20.1 Å². The monoisotopic (exact) mass is 391 g/mol. The molecule has 0 aliphatic carbocycles. The van der Waals surface area contributed by atoms with E-state index in [0.29, 0.717) is 37.0 Å². The number of amides is 1. The van der Waals surface area contributed by atoms with Crippen molar-refractivity contribution in [2.24, 2.45) is 4.99 Å². The lowest BCUT2D eigenvalue weighted by molar-refractivity contribution is 0.0954. The van der Waals surface area contributed by atoms with Gasteiger partial charge in [-0.15, -0.1) is 0 Å². The van der Waals surface area contributed by atoms with E-state index in [-0.39, 0.29) is 5.91 Å². The van der Waals surface area contributed by atoms with Gasteiger partial charge in [0.2, 0.25) is 5.89 Å². The summed E-state index contributed by atoms with van der Waals surface area (Å²) in [6.07, 6.45) is 1.63. The predicted molar refractivity (Wildman–Crippen MR) is 114 cm³/mol. The fourth-order valence-corrected chi connectivity index (χ4v) is 2.66. The number of guanidine groups is 1. The molecule has 1 aromatic heterocycles. The molecule has 2 aromatic carbocycles. The Morgan fingerprint density at radius 2 is 1.72 bits per heavy atom. The van der Waals surface area contributed by atoms with Gasteiger partial charge in [-0.05, 0) is 31.2 Å². The van der Waals surface area contributed by atoms with E-state index in [1.165, 1.54) is 5.56 Å². The highest BCUT2D eigenvalue weighted by atomic mass is 16.3. The number of hydrogen-bond acceptors (Lipinski definition) is 4. The number of oxazole rings is 1. The highest BCUT2D eigenvalue weighted by Gasteiger charge is 2.08. The summed E-state index contributed by atoms with van der Waals surface area (Å²) in [6, 6.07) is 17.2. The van der Waals surface area contributed by atoms with E-state index >= 15 is 0 Å². The van der Waals surface area contributed by atoms with Gasteiger partial charge in [0.1, 0.15) is 6.26 Å². The molecule has 3 rings (SSSR count). The van der Waals surface area contributed by atoms with E-state index in [0.717, 1.165) is 11.3 Å². The van der Waals surface area contributed by atoms with Gasteiger partial charge in [-0.2, -0.15) is 0 Å². The Kier molecular flexibility index (Phi) is 7.00. The molecular weight excluding hydrogens is 366 g/mol. The molecule has 0 saturated carbocycles. The van der Waals surface area contributed by atoms with Crippen molar-refractivity contribution in [1.29, 1.82) is 0 Å². The van der Waals surface area contributed by atoms with Gasteiger partial charge < -0.3 is 20.4 Å². The second-order valence-corrected chi connectivity index (χ2v) is 6.48. The normalized spacial score (nSPS) is 11.2. The molecule has 0 aliphatic heterocycles. The van der Waals surface area contributed by atoms with E-state index < -0.39 is 0 Å². The van der Waals surface area contributed by atoms with Crippen LogP contribution in [-0.2, 0) is 6.54 Å². The summed E-state index contributed by atoms with van der Waals surface area (Å²) in [5.74, 6) is 1.12. The minimum Gasteiger partial charge on any atom is -0.444 e. The molecule has 150 valence electrons. The second kappa shape index (κ2) is 10.1. The third kappa shape index (κ3) is 5.93. The molecule has 29 heavy (non-hydrogen) atoms. The van der Waals surface area contributed by atoms with Gasteiger partial charge in [0, 0.05) is 31.3 Å². The molecule has 1 heterocycles. The molecule has 0 atom stereocenters. The molecule has 0 saturated heterocycles. The summed E-state index contributed by atoms with van der Waals surface area (Å²) in [5, 5.41) is 9.21. The molecule has 7 heteroatoms. The van der Waals surface area contributed by atoms with E-state index in [1.807, 2.05) is 49.4 Å². The molecule has 3 N–H and O–H groups in total. The van der Waals surface area contributed by atoms with Crippen LogP contribution >= 0.6 is 0 Å². The number of aryl methyl sites for hydroxylation is 1. The second-order valence-electron chi connectivity index (χ2n) is 6.48. The van der Waals surface area contributed by atoms with Crippen LogP contribution in [0, 0.1) is 6.92 Å². The predicted octanol–water partition coefficient (Wildman–Crippen LogP) is 2.75. The number of rotatable bonds is 7. The first-order valence-corrected chi connectivity index (χ1v) is 9.45. The Labute approximate surface area is 170 Å². The number of benzene rings is 2. The minimum absolute atomic E-state index is 0.0958. The highest BCUT2D eigenvalue weighted by Crippen LogP contribution is 2.18. The Morgan fingerprint density at radius 3 is 2.45 bits per heavy atom. The van der Waals surface area contributed by atoms with Crippen molar-refractivity contribution in [1.82, 2.24) is 20.9 Å². The van der Waals surface area contributed by atoms with Gasteiger partial charge in [-0.1, -0.05) is 35.9 Å². The summed E-state index contributed by atoms with van der Waals surface area (Å²) >= 11 is 0. The van der Waals surface area contributed by atoms with E-state index in [2.05, 4.69) is 25.9 Å². The van der Waals surface area contributed by atoms with Crippen LogP contribution in [0.15, 0.2) is 70.3 Å². The number of carbonyl (C=O) groups is 1. The Morgan fingerprint density at radius 1 is 1.00 bits per heavy atom. The SMILES string of the molecule is CN=C(NCCNC(=O)c1ccccc1)NCc1coc(-c2ccc(C)cc2)n1. The molecule has 0 aliphatic rings. The van der Waals surface area contributed by atoms with Crippen LogP contribution in [0.5, 0.6) is 0 Å². The fourth-order valence-electron chi connectivity index (χ4n) is 2.66. The lowest BCUT2D eigenvalue weighted by Gasteiger charge is -2.11. The fraction of sp³-hybridized carbons (Fsp3) is 0.227. The van der Waals surface area contributed by atoms with E-state index in [9.17, 15) is 4.79 Å². The molecule has 3 aromatic rings. The van der Waals surface area contributed by atoms with Gasteiger partial charge >= 0.3 is 0 Å². The molecule has 0 fully saturated rings. The molecule has 0 radical (unpaired) electrons.